The summed E-state index contributed by atoms with van der Waals surface area (Å²) in [5, 5.41) is 17.6. The van der Waals surface area contributed by atoms with E-state index in [1.807, 2.05) is 9.80 Å². The first-order chi connectivity index (χ1) is 12.0. The fraction of sp³-hybridized carbons (Fsp3) is 0.375. The third-order valence-electron chi connectivity index (χ3n) is 4.05. The molecule has 1 aliphatic rings. The van der Waals surface area contributed by atoms with Gasteiger partial charge in [-0.25, -0.2) is 0 Å². The Balaban J connectivity index is 1.54. The first kappa shape index (κ1) is 16.9. The van der Waals surface area contributed by atoms with Crippen molar-refractivity contribution in [2.45, 2.75) is 6.92 Å². The van der Waals surface area contributed by atoms with Gasteiger partial charge in [-0.3, -0.25) is 19.8 Å². The lowest BCUT2D eigenvalue weighted by Gasteiger charge is -2.35. The number of para-hydroxylation sites is 2. The highest BCUT2D eigenvalue weighted by Crippen LogP contribution is 2.28. The minimum Gasteiger partial charge on any atom is -0.363 e. The lowest BCUT2D eigenvalue weighted by molar-refractivity contribution is -0.384. The van der Waals surface area contributed by atoms with Crippen LogP contribution in [0.5, 0.6) is 0 Å². The predicted octanol–water partition coefficient (Wildman–Crippen LogP) is 1.65. The van der Waals surface area contributed by atoms with Gasteiger partial charge in [-0.1, -0.05) is 17.3 Å². The van der Waals surface area contributed by atoms with E-state index in [4.69, 9.17) is 4.52 Å². The van der Waals surface area contributed by atoms with Gasteiger partial charge in [-0.15, -0.1) is 0 Å². The van der Waals surface area contributed by atoms with Crippen molar-refractivity contribution in [1.29, 1.82) is 0 Å². The van der Waals surface area contributed by atoms with Crippen LogP contribution < -0.4 is 10.2 Å². The highest BCUT2D eigenvalue weighted by molar-refractivity contribution is 5.91. The molecule has 9 heteroatoms. The largest absolute Gasteiger partial charge is 0.363 e. The molecule has 1 aromatic carbocycles. The van der Waals surface area contributed by atoms with Crippen LogP contribution >= 0.6 is 0 Å². The molecule has 0 unspecified atom stereocenters. The Labute approximate surface area is 144 Å². The van der Waals surface area contributed by atoms with Crippen molar-refractivity contribution < 1.29 is 14.2 Å². The second-order valence-corrected chi connectivity index (χ2v) is 5.88. The summed E-state index contributed by atoms with van der Waals surface area (Å²) >= 11 is 0. The summed E-state index contributed by atoms with van der Waals surface area (Å²) in [6.45, 7) is 4.55. The summed E-state index contributed by atoms with van der Waals surface area (Å²) in [5.74, 6) is 0.877. The van der Waals surface area contributed by atoms with Crippen LogP contribution in [0.25, 0.3) is 0 Å². The standard InChI is InChI=1S/C16H19N5O4/c1-12-10-15(18-25-12)17-16(22)11-19-6-8-20(9-7-19)13-4-2-3-5-14(13)21(23)24/h2-5,10H,6-9,11H2,1H3,(H,17,18,22). The van der Waals surface area contributed by atoms with Gasteiger partial charge in [0.05, 0.1) is 11.5 Å². The van der Waals surface area contributed by atoms with Crippen LogP contribution in [0.4, 0.5) is 17.2 Å². The van der Waals surface area contributed by atoms with Crippen LogP contribution in [0.3, 0.4) is 0 Å². The van der Waals surface area contributed by atoms with Gasteiger partial charge in [0.25, 0.3) is 5.69 Å². The maximum absolute atomic E-state index is 12.0. The van der Waals surface area contributed by atoms with Crippen molar-refractivity contribution in [2.24, 2.45) is 0 Å². The average molecular weight is 345 g/mol. The van der Waals surface area contributed by atoms with E-state index in [0.717, 1.165) is 0 Å². The Bertz CT molecular complexity index is 767. The van der Waals surface area contributed by atoms with E-state index in [1.165, 1.54) is 6.07 Å². The van der Waals surface area contributed by atoms with Crippen molar-refractivity contribution in [3.05, 3.63) is 46.2 Å². The fourth-order valence-corrected chi connectivity index (χ4v) is 2.84. The van der Waals surface area contributed by atoms with Crippen LogP contribution in [-0.4, -0.2) is 53.6 Å². The van der Waals surface area contributed by atoms with E-state index in [9.17, 15) is 14.9 Å². The molecule has 1 aromatic heterocycles. The molecule has 1 aliphatic heterocycles. The molecule has 0 saturated carbocycles. The van der Waals surface area contributed by atoms with E-state index >= 15 is 0 Å². The van der Waals surface area contributed by atoms with Crippen LogP contribution in [0.15, 0.2) is 34.9 Å². The number of aromatic nitrogens is 1. The predicted molar refractivity (Wildman–Crippen MR) is 91.6 cm³/mol. The molecule has 0 atom stereocenters. The topological polar surface area (TPSA) is 105 Å². The molecular weight excluding hydrogens is 326 g/mol. The van der Waals surface area contributed by atoms with Crippen molar-refractivity contribution in [1.82, 2.24) is 10.1 Å². The second kappa shape index (κ2) is 7.31. The SMILES string of the molecule is Cc1cc(NC(=O)CN2CCN(c3ccccc3[N+](=O)[O-])CC2)no1. The first-order valence-electron chi connectivity index (χ1n) is 7.97. The molecule has 132 valence electrons. The summed E-state index contributed by atoms with van der Waals surface area (Å²) in [5.41, 5.74) is 0.727. The Morgan fingerprint density at radius 2 is 2.04 bits per heavy atom. The average Bonchev–Trinajstić information content (AvgIpc) is 3.00. The Hall–Kier alpha value is -2.94. The third kappa shape index (κ3) is 4.13. The number of nitrogens with zero attached hydrogens (tertiary/aromatic N) is 4. The van der Waals surface area contributed by atoms with Gasteiger partial charge in [0.2, 0.25) is 5.91 Å². The Kier molecular flexibility index (Phi) is 4.94. The van der Waals surface area contributed by atoms with Gasteiger partial charge >= 0.3 is 0 Å². The van der Waals surface area contributed by atoms with Crippen molar-refractivity contribution in [2.75, 3.05) is 42.9 Å². The van der Waals surface area contributed by atoms with Gasteiger partial charge in [-0.2, -0.15) is 0 Å². The van der Waals surface area contributed by atoms with Gasteiger partial charge in [0, 0.05) is 38.3 Å². The number of rotatable bonds is 5. The van der Waals surface area contributed by atoms with E-state index in [0.29, 0.717) is 43.4 Å². The maximum atomic E-state index is 12.0. The van der Waals surface area contributed by atoms with Crippen molar-refractivity contribution in [3.8, 4) is 0 Å². The van der Waals surface area contributed by atoms with E-state index < -0.39 is 0 Å². The number of carbonyl (C=O) groups excluding carboxylic acids is 1. The number of benzene rings is 1. The molecule has 2 aromatic rings. The molecule has 1 amide bonds. The summed E-state index contributed by atoms with van der Waals surface area (Å²) in [7, 11) is 0. The molecule has 0 radical (unpaired) electrons. The monoisotopic (exact) mass is 345 g/mol. The minimum atomic E-state index is -0.366. The highest BCUT2D eigenvalue weighted by Gasteiger charge is 2.24. The van der Waals surface area contributed by atoms with Crippen LogP contribution in [0.1, 0.15) is 5.76 Å². The maximum Gasteiger partial charge on any atom is 0.292 e. The molecular formula is C16H19N5O4. The molecule has 0 spiro atoms. The lowest BCUT2D eigenvalue weighted by atomic mass is 10.2. The number of carbonyl (C=O) groups is 1. The van der Waals surface area contributed by atoms with Crippen molar-refractivity contribution >= 4 is 23.1 Å². The molecule has 3 rings (SSSR count). The molecule has 9 nitrogen and oxygen atoms in total. The molecule has 1 N–H and O–H groups in total. The molecule has 0 bridgehead atoms. The van der Waals surface area contributed by atoms with E-state index in [2.05, 4.69) is 10.5 Å². The van der Waals surface area contributed by atoms with Crippen molar-refractivity contribution in [3.63, 3.8) is 0 Å². The molecule has 25 heavy (non-hydrogen) atoms. The van der Waals surface area contributed by atoms with Gasteiger partial charge in [0.1, 0.15) is 11.4 Å². The number of nitrogens with one attached hydrogen (secondary N) is 1. The number of aryl methyl sites for hydroxylation is 1. The first-order valence-corrected chi connectivity index (χ1v) is 7.97. The summed E-state index contributed by atoms with van der Waals surface area (Å²) in [6, 6.07) is 8.38. The fourth-order valence-electron chi connectivity index (χ4n) is 2.84. The minimum absolute atomic E-state index is 0.107. The number of amides is 1. The van der Waals surface area contributed by atoms with Crippen LogP contribution in [0.2, 0.25) is 0 Å². The van der Waals surface area contributed by atoms with E-state index in [1.54, 1.807) is 31.2 Å². The Morgan fingerprint density at radius 3 is 2.68 bits per heavy atom. The zero-order chi connectivity index (χ0) is 17.8. The normalized spacial score (nSPS) is 15.2. The summed E-state index contributed by atoms with van der Waals surface area (Å²) in [4.78, 5) is 26.8. The molecule has 2 heterocycles. The second-order valence-electron chi connectivity index (χ2n) is 5.88. The smallest absolute Gasteiger partial charge is 0.292 e. The number of nitro benzene ring substituents is 1. The van der Waals surface area contributed by atoms with Gasteiger partial charge in [0.15, 0.2) is 5.82 Å². The zero-order valence-electron chi connectivity index (χ0n) is 13.8. The number of hydrogen-bond donors (Lipinski definition) is 1. The Morgan fingerprint density at radius 1 is 1.32 bits per heavy atom. The number of piperazine rings is 1. The third-order valence-corrected chi connectivity index (χ3v) is 4.05. The van der Waals surface area contributed by atoms with Crippen LogP contribution in [-0.2, 0) is 4.79 Å². The van der Waals surface area contributed by atoms with Gasteiger partial charge in [-0.05, 0) is 13.0 Å². The quantitative estimate of drug-likeness (QED) is 0.649. The summed E-state index contributed by atoms with van der Waals surface area (Å²) in [6.07, 6.45) is 0. The van der Waals surface area contributed by atoms with Crippen LogP contribution in [0, 0.1) is 17.0 Å². The number of hydrogen-bond acceptors (Lipinski definition) is 7. The number of anilines is 2. The number of nitro groups is 1. The van der Waals surface area contributed by atoms with E-state index in [-0.39, 0.29) is 23.1 Å². The highest BCUT2D eigenvalue weighted by atomic mass is 16.6. The summed E-state index contributed by atoms with van der Waals surface area (Å²) < 4.78 is 4.91. The zero-order valence-corrected chi connectivity index (χ0v) is 13.8. The lowest BCUT2D eigenvalue weighted by Crippen LogP contribution is -2.48. The molecule has 1 saturated heterocycles. The molecule has 1 fully saturated rings. The van der Waals surface area contributed by atoms with Gasteiger partial charge < -0.3 is 14.7 Å². The molecule has 0 aliphatic carbocycles.